The number of nitrogens with one attached hydrogen (secondary N) is 1. The fourth-order valence-electron chi connectivity index (χ4n) is 2.37. The van der Waals surface area contributed by atoms with Gasteiger partial charge in [-0.15, -0.1) is 0 Å². The molecule has 2 aromatic carbocycles. The lowest BCUT2D eigenvalue weighted by Gasteiger charge is -2.10. The molecule has 3 aromatic rings. The zero-order valence-corrected chi connectivity index (χ0v) is 12.2. The molecule has 106 valence electrons. The van der Waals surface area contributed by atoms with Crippen molar-refractivity contribution in [1.82, 2.24) is 9.97 Å². The molecule has 21 heavy (non-hydrogen) atoms. The van der Waals surface area contributed by atoms with Crippen molar-refractivity contribution in [1.29, 1.82) is 0 Å². The van der Waals surface area contributed by atoms with E-state index in [1.165, 1.54) is 0 Å². The molecular weight excluding hydrogens is 265 g/mol. The molecule has 0 saturated carbocycles. The van der Waals surface area contributed by atoms with Crippen molar-refractivity contribution in [3.05, 3.63) is 53.3 Å². The highest BCUT2D eigenvalue weighted by Gasteiger charge is 2.13. The normalized spacial score (nSPS) is 10.9. The van der Waals surface area contributed by atoms with Crippen LogP contribution in [0.25, 0.3) is 22.3 Å². The molecule has 0 saturated heterocycles. The first-order valence-corrected chi connectivity index (χ1v) is 6.82. The summed E-state index contributed by atoms with van der Waals surface area (Å²) in [5, 5.41) is 4.01. The maximum absolute atomic E-state index is 14.3. The molecule has 0 aliphatic carbocycles. The topological polar surface area (TPSA) is 37.8 Å². The summed E-state index contributed by atoms with van der Waals surface area (Å²) >= 11 is 0. The van der Waals surface area contributed by atoms with Gasteiger partial charge in [0.15, 0.2) is 5.82 Å². The number of anilines is 1. The average molecular weight is 281 g/mol. The molecule has 3 nitrogen and oxygen atoms in total. The van der Waals surface area contributed by atoms with E-state index in [-0.39, 0.29) is 5.82 Å². The number of benzene rings is 2. The summed E-state index contributed by atoms with van der Waals surface area (Å²) in [5.41, 5.74) is 2.95. The van der Waals surface area contributed by atoms with E-state index in [4.69, 9.17) is 0 Å². The van der Waals surface area contributed by atoms with Crippen molar-refractivity contribution in [2.24, 2.45) is 0 Å². The number of halogens is 1. The van der Waals surface area contributed by atoms with E-state index in [0.717, 1.165) is 16.5 Å². The minimum Gasteiger partial charge on any atom is -0.373 e. The molecule has 0 aliphatic rings. The van der Waals surface area contributed by atoms with Crippen molar-refractivity contribution < 1.29 is 4.39 Å². The predicted molar refractivity (Wildman–Crippen MR) is 84.0 cm³/mol. The second-order valence-electron chi connectivity index (χ2n) is 5.10. The van der Waals surface area contributed by atoms with E-state index in [9.17, 15) is 4.39 Å². The summed E-state index contributed by atoms with van der Waals surface area (Å²) in [6.45, 7) is 3.76. The molecular formula is C17H16FN3. The largest absolute Gasteiger partial charge is 0.373 e. The summed E-state index contributed by atoms with van der Waals surface area (Å²) in [4.78, 5) is 8.98. The number of hydrogen-bond acceptors (Lipinski definition) is 3. The molecule has 0 bridgehead atoms. The number of aromatic nitrogens is 2. The second-order valence-corrected chi connectivity index (χ2v) is 5.10. The fourth-order valence-corrected chi connectivity index (χ4v) is 2.37. The standard InChI is InChI=1S/C17H16FN3/c1-10-7-8-14-13(9-10)16(19-3)21-17(20-14)12-6-4-5-11(2)15(12)18/h4-9H,1-3H3,(H,19,20,21). The van der Waals surface area contributed by atoms with Crippen LogP contribution >= 0.6 is 0 Å². The third-order valence-corrected chi connectivity index (χ3v) is 3.52. The minimum absolute atomic E-state index is 0.272. The smallest absolute Gasteiger partial charge is 0.165 e. The van der Waals surface area contributed by atoms with Crippen LogP contribution in [-0.4, -0.2) is 17.0 Å². The van der Waals surface area contributed by atoms with Gasteiger partial charge in [0.05, 0.1) is 11.1 Å². The minimum atomic E-state index is -0.272. The fraction of sp³-hybridized carbons (Fsp3) is 0.176. The molecule has 0 fully saturated rings. The lowest BCUT2D eigenvalue weighted by atomic mass is 10.1. The Labute approximate surface area is 122 Å². The van der Waals surface area contributed by atoms with Gasteiger partial charge in [-0.25, -0.2) is 14.4 Å². The van der Waals surface area contributed by atoms with Crippen molar-refractivity contribution in [3.63, 3.8) is 0 Å². The first kappa shape index (κ1) is 13.5. The molecule has 0 amide bonds. The van der Waals surface area contributed by atoms with Crippen LogP contribution in [0.2, 0.25) is 0 Å². The number of rotatable bonds is 2. The molecule has 1 heterocycles. The quantitative estimate of drug-likeness (QED) is 0.768. The van der Waals surface area contributed by atoms with Crippen molar-refractivity contribution in [3.8, 4) is 11.4 Å². The third kappa shape index (κ3) is 2.33. The molecule has 4 heteroatoms. The van der Waals surface area contributed by atoms with E-state index in [1.54, 1.807) is 26.1 Å². The van der Waals surface area contributed by atoms with Crippen LogP contribution in [0.1, 0.15) is 11.1 Å². The highest BCUT2D eigenvalue weighted by Crippen LogP contribution is 2.27. The van der Waals surface area contributed by atoms with Gasteiger partial charge in [0.25, 0.3) is 0 Å². The SMILES string of the molecule is CNc1nc(-c2cccc(C)c2F)nc2ccc(C)cc12. The van der Waals surface area contributed by atoms with Crippen LogP contribution in [0.4, 0.5) is 10.2 Å². The molecule has 1 N–H and O–H groups in total. The number of nitrogens with zero attached hydrogens (tertiary/aromatic N) is 2. The van der Waals surface area contributed by atoms with Crippen molar-refractivity contribution >= 4 is 16.7 Å². The van der Waals surface area contributed by atoms with Gasteiger partial charge >= 0.3 is 0 Å². The Kier molecular flexibility index (Phi) is 3.29. The maximum Gasteiger partial charge on any atom is 0.165 e. The molecule has 0 spiro atoms. The predicted octanol–water partition coefficient (Wildman–Crippen LogP) is 4.09. The van der Waals surface area contributed by atoms with E-state index in [0.29, 0.717) is 22.8 Å². The number of hydrogen-bond donors (Lipinski definition) is 1. The van der Waals surface area contributed by atoms with Gasteiger partial charge in [-0.1, -0.05) is 23.8 Å². The molecule has 3 rings (SSSR count). The van der Waals surface area contributed by atoms with Crippen LogP contribution in [0.5, 0.6) is 0 Å². The number of fused-ring (bicyclic) bond motifs is 1. The van der Waals surface area contributed by atoms with Gasteiger partial charge < -0.3 is 5.32 Å². The van der Waals surface area contributed by atoms with Gasteiger partial charge in [-0.2, -0.15) is 0 Å². The van der Waals surface area contributed by atoms with Crippen LogP contribution in [0.3, 0.4) is 0 Å². The first-order valence-electron chi connectivity index (χ1n) is 6.82. The Hall–Kier alpha value is -2.49. The zero-order chi connectivity index (χ0) is 15.0. The van der Waals surface area contributed by atoms with Gasteiger partial charge in [0, 0.05) is 12.4 Å². The van der Waals surface area contributed by atoms with Crippen molar-refractivity contribution in [2.45, 2.75) is 13.8 Å². The van der Waals surface area contributed by atoms with Crippen LogP contribution in [0.15, 0.2) is 36.4 Å². The Morgan fingerprint density at radius 1 is 1.05 bits per heavy atom. The summed E-state index contributed by atoms with van der Waals surface area (Å²) in [6.07, 6.45) is 0. The maximum atomic E-state index is 14.3. The van der Waals surface area contributed by atoms with Gasteiger partial charge in [0.1, 0.15) is 11.6 Å². The van der Waals surface area contributed by atoms with Gasteiger partial charge in [-0.05, 0) is 37.6 Å². The second kappa shape index (κ2) is 5.13. The van der Waals surface area contributed by atoms with Crippen LogP contribution < -0.4 is 5.32 Å². The summed E-state index contributed by atoms with van der Waals surface area (Å²) in [7, 11) is 1.81. The highest BCUT2D eigenvalue weighted by molar-refractivity contribution is 5.91. The lowest BCUT2D eigenvalue weighted by Crippen LogP contribution is -2.00. The van der Waals surface area contributed by atoms with E-state index >= 15 is 0 Å². The Balaban J connectivity index is 2.29. The third-order valence-electron chi connectivity index (χ3n) is 3.52. The van der Waals surface area contributed by atoms with Crippen molar-refractivity contribution in [2.75, 3.05) is 12.4 Å². The molecule has 0 atom stereocenters. The zero-order valence-electron chi connectivity index (χ0n) is 12.2. The molecule has 1 aromatic heterocycles. The molecule has 0 aliphatic heterocycles. The Morgan fingerprint density at radius 2 is 1.86 bits per heavy atom. The summed E-state index contributed by atoms with van der Waals surface area (Å²) < 4.78 is 14.3. The van der Waals surface area contributed by atoms with E-state index < -0.39 is 0 Å². The number of aryl methyl sites for hydroxylation is 2. The van der Waals surface area contributed by atoms with Crippen LogP contribution in [0, 0.1) is 19.7 Å². The highest BCUT2D eigenvalue weighted by atomic mass is 19.1. The molecule has 0 unspecified atom stereocenters. The average Bonchev–Trinajstić information content (AvgIpc) is 2.49. The lowest BCUT2D eigenvalue weighted by molar-refractivity contribution is 0.621. The Bertz CT molecular complexity index is 828. The summed E-state index contributed by atoms with van der Waals surface area (Å²) in [5.74, 6) is 0.836. The van der Waals surface area contributed by atoms with Gasteiger partial charge in [-0.3, -0.25) is 0 Å². The monoisotopic (exact) mass is 281 g/mol. The summed E-state index contributed by atoms with van der Waals surface area (Å²) in [6, 6.07) is 11.2. The Morgan fingerprint density at radius 3 is 2.62 bits per heavy atom. The van der Waals surface area contributed by atoms with Crippen LogP contribution in [-0.2, 0) is 0 Å². The van der Waals surface area contributed by atoms with E-state index in [2.05, 4.69) is 15.3 Å². The molecule has 0 radical (unpaired) electrons. The van der Waals surface area contributed by atoms with Gasteiger partial charge in [0.2, 0.25) is 0 Å². The van der Waals surface area contributed by atoms with E-state index in [1.807, 2.05) is 31.2 Å². The first-order chi connectivity index (χ1) is 10.1.